The summed E-state index contributed by atoms with van der Waals surface area (Å²) in [4.78, 5) is 0. The molecular formula is C42H46Cl4Zr2. The SMILES string of the molecule is [CH3][Zr+2]([CH3])([CH3])([CH3])[C]1=CC=CC1.[CH3][Zr]([CH3])([Cl])([Cl])[C]1=CC=CC1.[Cl-].[Cl-].c1ccc2c(c1)-c1ccccc1C2C1c2ccccc2-c2ccccc21. The third kappa shape index (κ3) is 8.44. The second-order valence-electron chi connectivity index (χ2n) is 16.0. The standard InChI is InChI=1S/C26H18.2C5H5.6CH3.4ClH.2Zr/c1-5-13-21-17(9-1)18-10-2-6-14-22(18)25(21)26-23-15-7-3-11-19(23)20-12-4-8-16-24(20)26;2*1-2-4-5-3-1;;;;;;;;;;;;/h1-16,25-26H;2*1-3H,4H2;6*1H3;4*1H;;/q;;;;;;;;;;;;;2*+2/p-4. The molecule has 0 amide bonds. The fraction of sp³-hybridized carbons (Fsp3) is 0.238. The Labute approximate surface area is 310 Å². The molecular weight excluding hydrogens is 829 g/mol. The van der Waals surface area contributed by atoms with Crippen LogP contribution < -0.4 is 24.8 Å². The molecule has 8 rings (SSSR count). The molecule has 0 unspecified atom stereocenters. The number of fused-ring (bicyclic) bond motifs is 6. The van der Waals surface area contributed by atoms with Gasteiger partial charge in [0.15, 0.2) is 0 Å². The molecule has 0 aromatic heterocycles. The summed E-state index contributed by atoms with van der Waals surface area (Å²) in [6.45, 7) is 0. The van der Waals surface area contributed by atoms with Crippen molar-refractivity contribution in [3.63, 3.8) is 0 Å². The molecule has 48 heavy (non-hydrogen) atoms. The van der Waals surface area contributed by atoms with Gasteiger partial charge in [0.25, 0.3) is 0 Å². The maximum absolute atomic E-state index is 6.26. The topological polar surface area (TPSA) is 0 Å². The van der Waals surface area contributed by atoms with Crippen LogP contribution in [0.25, 0.3) is 22.3 Å². The minimum Gasteiger partial charge on any atom is -1.00 e. The van der Waals surface area contributed by atoms with Crippen molar-refractivity contribution < 1.29 is 60.0 Å². The fourth-order valence-corrected chi connectivity index (χ4v) is 16.1. The zero-order chi connectivity index (χ0) is 32.8. The molecule has 0 fully saturated rings. The zero-order valence-corrected chi connectivity index (χ0v) is 36.7. The van der Waals surface area contributed by atoms with Crippen molar-refractivity contribution in [3.05, 3.63) is 162 Å². The van der Waals surface area contributed by atoms with Crippen molar-refractivity contribution in [1.82, 2.24) is 0 Å². The third-order valence-corrected chi connectivity index (χ3v) is 25.2. The first-order valence-corrected chi connectivity index (χ1v) is 40.1. The van der Waals surface area contributed by atoms with Crippen LogP contribution >= 0.6 is 17.0 Å². The van der Waals surface area contributed by atoms with Gasteiger partial charge in [-0.25, -0.2) is 0 Å². The Hall–Kier alpha value is -1.23. The van der Waals surface area contributed by atoms with E-state index in [1.165, 1.54) is 54.2 Å². The zero-order valence-electron chi connectivity index (χ0n) is 28.8. The van der Waals surface area contributed by atoms with E-state index in [-0.39, 0.29) is 24.8 Å². The van der Waals surface area contributed by atoms with Gasteiger partial charge in [0.1, 0.15) is 0 Å². The van der Waals surface area contributed by atoms with Crippen molar-refractivity contribution >= 4 is 17.0 Å². The molecule has 6 heteroatoms. The first-order chi connectivity index (χ1) is 21.7. The van der Waals surface area contributed by atoms with Gasteiger partial charge in [0.2, 0.25) is 0 Å². The van der Waals surface area contributed by atoms with Gasteiger partial charge in [-0.3, -0.25) is 0 Å². The monoisotopic (exact) mass is 870 g/mol. The van der Waals surface area contributed by atoms with E-state index in [0.29, 0.717) is 11.8 Å². The number of halogens is 4. The molecule has 0 heterocycles. The van der Waals surface area contributed by atoms with Crippen molar-refractivity contribution in [1.29, 1.82) is 0 Å². The summed E-state index contributed by atoms with van der Waals surface area (Å²) < 4.78 is 17.0. The Morgan fingerprint density at radius 3 is 1.08 bits per heavy atom. The molecule has 4 aromatic rings. The number of benzene rings is 4. The summed E-state index contributed by atoms with van der Waals surface area (Å²) in [6.07, 6.45) is 15.2. The molecule has 0 radical (unpaired) electrons. The van der Waals surface area contributed by atoms with E-state index in [2.05, 4.69) is 146 Å². The second kappa shape index (κ2) is 14.8. The van der Waals surface area contributed by atoms with Crippen LogP contribution in [0.5, 0.6) is 0 Å². The van der Waals surface area contributed by atoms with E-state index in [9.17, 15) is 0 Å². The maximum Gasteiger partial charge on any atom is 0.0211 e. The maximum atomic E-state index is 6.26. The fourth-order valence-electron chi connectivity index (χ4n) is 7.25. The molecule has 0 bridgehead atoms. The van der Waals surface area contributed by atoms with Crippen molar-refractivity contribution in [2.24, 2.45) is 0 Å². The normalized spacial score (nSPS) is 16.6. The van der Waals surface area contributed by atoms with Crippen LogP contribution in [0.2, 0.25) is 27.8 Å². The first-order valence-electron chi connectivity index (χ1n) is 16.6. The van der Waals surface area contributed by atoms with Crippen LogP contribution in [0.3, 0.4) is 0 Å². The Morgan fingerprint density at radius 2 is 0.854 bits per heavy atom. The van der Waals surface area contributed by atoms with Crippen LogP contribution in [0.1, 0.15) is 46.9 Å². The van der Waals surface area contributed by atoms with Crippen LogP contribution in [0.15, 0.2) is 140 Å². The molecule has 250 valence electrons. The van der Waals surface area contributed by atoms with Gasteiger partial charge < -0.3 is 24.8 Å². The minimum absolute atomic E-state index is 0. The Bertz CT molecular complexity index is 1680. The van der Waals surface area contributed by atoms with E-state index >= 15 is 0 Å². The van der Waals surface area contributed by atoms with E-state index in [1.54, 1.807) is 3.28 Å². The molecule has 4 aliphatic rings. The van der Waals surface area contributed by atoms with E-state index < -0.39 is 35.2 Å². The summed E-state index contributed by atoms with van der Waals surface area (Å²) in [5.74, 6) is 0.763. The van der Waals surface area contributed by atoms with Gasteiger partial charge in [-0.2, -0.15) is 0 Å². The van der Waals surface area contributed by atoms with Crippen molar-refractivity contribution in [2.75, 3.05) is 0 Å². The number of allylic oxidation sites excluding steroid dienone is 8. The average molecular weight is 875 g/mol. The Kier molecular flexibility index (Phi) is 12.2. The molecule has 0 saturated carbocycles. The van der Waals surface area contributed by atoms with E-state index in [4.69, 9.17) is 17.0 Å². The van der Waals surface area contributed by atoms with Crippen molar-refractivity contribution in [2.45, 2.75) is 52.5 Å². The average Bonchev–Trinajstić information content (AvgIpc) is 3.82. The molecule has 0 aliphatic heterocycles. The van der Waals surface area contributed by atoms with Gasteiger partial charge in [-0.05, 0) is 44.5 Å². The minimum atomic E-state index is -3.26. The predicted octanol–water partition coefficient (Wildman–Crippen LogP) is 8.26. The molecule has 0 saturated heterocycles. The van der Waals surface area contributed by atoms with Gasteiger partial charge in [-0.15, -0.1) is 0 Å². The Balaban J connectivity index is 0.000000197. The molecule has 4 aliphatic carbocycles. The summed E-state index contributed by atoms with van der Waals surface area (Å²) in [5, 5.41) is 0. The summed E-state index contributed by atoms with van der Waals surface area (Å²) in [7, 11) is 12.5. The molecule has 0 spiro atoms. The summed E-state index contributed by atoms with van der Waals surface area (Å²) in [5.41, 5.74) is 11.4. The predicted molar refractivity (Wildman–Crippen MR) is 198 cm³/mol. The van der Waals surface area contributed by atoms with E-state index in [0.717, 1.165) is 6.42 Å². The van der Waals surface area contributed by atoms with Crippen LogP contribution in [0, 0.1) is 0 Å². The van der Waals surface area contributed by atoms with Gasteiger partial charge in [0, 0.05) is 11.8 Å². The van der Waals surface area contributed by atoms with E-state index in [1.807, 2.05) is 15.3 Å². The largest absolute Gasteiger partial charge is 1.00 e. The molecule has 0 atom stereocenters. The van der Waals surface area contributed by atoms with Crippen LogP contribution in [-0.2, 0) is 35.2 Å². The van der Waals surface area contributed by atoms with Crippen LogP contribution in [-0.4, -0.2) is 0 Å². The van der Waals surface area contributed by atoms with Gasteiger partial charge >= 0.3 is 136 Å². The van der Waals surface area contributed by atoms with Crippen molar-refractivity contribution in [3.8, 4) is 22.3 Å². The number of hydrogen-bond donors (Lipinski definition) is 0. The smallest absolute Gasteiger partial charge is 0.0211 e. The number of hydrogen-bond acceptors (Lipinski definition) is 0. The summed E-state index contributed by atoms with van der Waals surface area (Å²) in [6, 6.07) is 35.8. The molecule has 4 aromatic carbocycles. The molecule has 0 N–H and O–H groups in total. The first kappa shape index (κ1) is 39.6. The summed E-state index contributed by atoms with van der Waals surface area (Å²) >= 11 is -5.46. The third-order valence-electron chi connectivity index (χ3n) is 9.81. The van der Waals surface area contributed by atoms with Crippen LogP contribution in [0.4, 0.5) is 0 Å². The van der Waals surface area contributed by atoms with Gasteiger partial charge in [-0.1, -0.05) is 97.1 Å². The number of rotatable bonds is 3. The molecule has 0 nitrogen and oxygen atoms in total. The van der Waals surface area contributed by atoms with Gasteiger partial charge in [0.05, 0.1) is 0 Å². The second-order valence-corrected chi connectivity index (χ2v) is 63.3. The quantitative estimate of drug-likeness (QED) is 0.195. The Morgan fingerprint density at radius 1 is 0.521 bits per heavy atom.